The highest BCUT2D eigenvalue weighted by atomic mass is 16.6. The van der Waals surface area contributed by atoms with Crippen molar-refractivity contribution in [2.75, 3.05) is 13.2 Å². The quantitative estimate of drug-likeness (QED) is 0.436. The smallest absolute Gasteiger partial charge is 0.343 e. The normalized spacial score (nSPS) is 25.2. The van der Waals surface area contributed by atoms with Crippen molar-refractivity contribution < 1.29 is 23.9 Å². The number of fused-ring (bicyclic) bond motifs is 2. The summed E-state index contributed by atoms with van der Waals surface area (Å²) in [4.78, 5) is 37.0. The maximum absolute atomic E-state index is 12.6. The number of hydrogen-bond donors (Lipinski definition) is 1. The Morgan fingerprint density at radius 3 is 2.08 bits per heavy atom. The summed E-state index contributed by atoms with van der Waals surface area (Å²) in [6.45, 7) is 4.91. The molecule has 3 aliphatic carbocycles. The lowest BCUT2D eigenvalue weighted by molar-refractivity contribution is -0.169. The SMILES string of the molecule is CCOC(=O)C(C[C@H]1C[C@H]2C=C[C@H]1CC2)(NC(C)=O)C(=O)OCC. The summed E-state index contributed by atoms with van der Waals surface area (Å²) in [6.07, 6.45) is 7.73. The molecule has 0 aromatic carbocycles. The molecular formula is C18H27NO5. The van der Waals surface area contributed by atoms with Crippen LogP contribution >= 0.6 is 0 Å². The fourth-order valence-corrected chi connectivity index (χ4v) is 3.89. The minimum Gasteiger partial charge on any atom is -0.464 e. The Labute approximate surface area is 143 Å². The largest absolute Gasteiger partial charge is 0.464 e. The first kappa shape index (κ1) is 18.5. The molecule has 0 aromatic rings. The molecule has 1 amide bonds. The van der Waals surface area contributed by atoms with Crippen molar-refractivity contribution in [3.05, 3.63) is 12.2 Å². The highest BCUT2D eigenvalue weighted by Gasteiger charge is 2.52. The van der Waals surface area contributed by atoms with E-state index >= 15 is 0 Å². The zero-order chi connectivity index (χ0) is 17.7. The predicted molar refractivity (Wildman–Crippen MR) is 87.9 cm³/mol. The van der Waals surface area contributed by atoms with E-state index in [1.54, 1.807) is 13.8 Å². The molecule has 0 heterocycles. The monoisotopic (exact) mass is 337 g/mol. The topological polar surface area (TPSA) is 81.7 Å². The maximum Gasteiger partial charge on any atom is 0.343 e. The predicted octanol–water partition coefficient (Wildman–Crippen LogP) is 1.98. The highest BCUT2D eigenvalue weighted by molar-refractivity contribution is 6.07. The van der Waals surface area contributed by atoms with E-state index in [4.69, 9.17) is 9.47 Å². The number of hydrogen-bond acceptors (Lipinski definition) is 5. The van der Waals surface area contributed by atoms with Crippen LogP contribution in [0, 0.1) is 17.8 Å². The molecule has 3 atom stereocenters. The molecule has 0 aliphatic heterocycles. The second-order valence-corrected chi connectivity index (χ2v) is 6.61. The molecule has 6 nitrogen and oxygen atoms in total. The molecule has 3 aliphatic rings. The Kier molecular flexibility index (Phi) is 6.02. The number of rotatable bonds is 7. The van der Waals surface area contributed by atoms with Gasteiger partial charge in [-0.25, -0.2) is 9.59 Å². The average Bonchev–Trinajstić information content (AvgIpc) is 2.55. The first-order valence-electron chi connectivity index (χ1n) is 8.74. The Hall–Kier alpha value is -1.85. The maximum atomic E-state index is 12.6. The number of amides is 1. The van der Waals surface area contributed by atoms with Crippen molar-refractivity contribution in [1.82, 2.24) is 5.32 Å². The fraction of sp³-hybridized carbons (Fsp3) is 0.722. The van der Waals surface area contributed by atoms with Crippen LogP contribution < -0.4 is 5.32 Å². The summed E-state index contributed by atoms with van der Waals surface area (Å²) in [6, 6.07) is 0. The first-order chi connectivity index (χ1) is 11.4. The van der Waals surface area contributed by atoms with Crippen LogP contribution in [0.15, 0.2) is 12.2 Å². The van der Waals surface area contributed by atoms with Crippen LogP contribution in [-0.2, 0) is 23.9 Å². The minimum atomic E-state index is -1.76. The van der Waals surface area contributed by atoms with E-state index in [0.717, 1.165) is 19.3 Å². The molecule has 0 saturated heterocycles. The van der Waals surface area contributed by atoms with Gasteiger partial charge in [0.25, 0.3) is 0 Å². The number of nitrogens with one attached hydrogen (secondary N) is 1. The molecule has 134 valence electrons. The van der Waals surface area contributed by atoms with E-state index < -0.39 is 23.4 Å². The van der Waals surface area contributed by atoms with Crippen molar-refractivity contribution in [1.29, 1.82) is 0 Å². The molecule has 0 aromatic heterocycles. The second-order valence-electron chi connectivity index (χ2n) is 6.61. The Morgan fingerprint density at radius 2 is 1.71 bits per heavy atom. The van der Waals surface area contributed by atoms with Gasteiger partial charge in [-0.1, -0.05) is 12.2 Å². The van der Waals surface area contributed by atoms with Gasteiger partial charge in [0.1, 0.15) is 0 Å². The third-order valence-electron chi connectivity index (χ3n) is 4.92. The van der Waals surface area contributed by atoms with Gasteiger partial charge in [0.15, 0.2) is 0 Å². The molecule has 6 heteroatoms. The Morgan fingerprint density at radius 1 is 1.08 bits per heavy atom. The zero-order valence-electron chi connectivity index (χ0n) is 14.7. The van der Waals surface area contributed by atoms with E-state index in [0.29, 0.717) is 11.8 Å². The lowest BCUT2D eigenvalue weighted by Crippen LogP contribution is -2.62. The number of ether oxygens (including phenoxy) is 2. The van der Waals surface area contributed by atoms with Gasteiger partial charge in [0, 0.05) is 6.92 Å². The van der Waals surface area contributed by atoms with Gasteiger partial charge >= 0.3 is 11.9 Å². The van der Waals surface area contributed by atoms with Gasteiger partial charge in [-0.05, 0) is 57.3 Å². The zero-order valence-corrected chi connectivity index (χ0v) is 14.7. The van der Waals surface area contributed by atoms with Crippen LogP contribution in [0.1, 0.15) is 46.5 Å². The van der Waals surface area contributed by atoms with Crippen molar-refractivity contribution in [2.45, 2.75) is 52.0 Å². The van der Waals surface area contributed by atoms with Crippen LogP contribution in [-0.4, -0.2) is 36.6 Å². The molecule has 1 saturated carbocycles. The third-order valence-corrected chi connectivity index (χ3v) is 4.92. The second kappa shape index (κ2) is 7.81. The molecule has 0 spiro atoms. The summed E-state index contributed by atoms with van der Waals surface area (Å²) in [5.74, 6) is -0.957. The number of esters is 2. The van der Waals surface area contributed by atoms with E-state index in [1.165, 1.54) is 6.92 Å². The lowest BCUT2D eigenvalue weighted by Gasteiger charge is -2.41. The first-order valence-corrected chi connectivity index (χ1v) is 8.74. The van der Waals surface area contributed by atoms with Crippen LogP contribution in [0.3, 0.4) is 0 Å². The molecule has 24 heavy (non-hydrogen) atoms. The van der Waals surface area contributed by atoms with Crippen molar-refractivity contribution in [3.63, 3.8) is 0 Å². The Balaban J connectivity index is 2.31. The fourth-order valence-electron chi connectivity index (χ4n) is 3.89. The molecule has 1 N–H and O–H groups in total. The number of carbonyl (C=O) groups is 3. The van der Waals surface area contributed by atoms with Crippen molar-refractivity contribution in [2.24, 2.45) is 17.8 Å². The molecule has 1 fully saturated rings. The van der Waals surface area contributed by atoms with Gasteiger partial charge in [-0.2, -0.15) is 0 Å². The van der Waals surface area contributed by atoms with Gasteiger partial charge < -0.3 is 14.8 Å². The van der Waals surface area contributed by atoms with Gasteiger partial charge in [0.2, 0.25) is 11.4 Å². The van der Waals surface area contributed by atoms with Gasteiger partial charge in [0.05, 0.1) is 13.2 Å². The minimum absolute atomic E-state index is 0.135. The molecular weight excluding hydrogens is 310 g/mol. The molecule has 3 rings (SSSR count). The lowest BCUT2D eigenvalue weighted by atomic mass is 9.65. The molecule has 0 unspecified atom stereocenters. The van der Waals surface area contributed by atoms with Crippen LogP contribution in [0.4, 0.5) is 0 Å². The highest BCUT2D eigenvalue weighted by Crippen LogP contribution is 2.44. The van der Waals surface area contributed by atoms with Gasteiger partial charge in [-0.3, -0.25) is 4.79 Å². The van der Waals surface area contributed by atoms with Crippen LogP contribution in [0.2, 0.25) is 0 Å². The van der Waals surface area contributed by atoms with Gasteiger partial charge in [-0.15, -0.1) is 0 Å². The summed E-state index contributed by atoms with van der Waals surface area (Å²) < 4.78 is 10.2. The van der Waals surface area contributed by atoms with Crippen LogP contribution in [0.25, 0.3) is 0 Å². The van der Waals surface area contributed by atoms with E-state index in [-0.39, 0.29) is 25.6 Å². The van der Waals surface area contributed by atoms with E-state index in [1.807, 2.05) is 0 Å². The van der Waals surface area contributed by atoms with E-state index in [9.17, 15) is 14.4 Å². The Bertz CT molecular complexity index is 510. The van der Waals surface area contributed by atoms with Crippen molar-refractivity contribution in [3.8, 4) is 0 Å². The summed E-state index contributed by atoms with van der Waals surface area (Å²) in [5.41, 5.74) is -1.76. The summed E-state index contributed by atoms with van der Waals surface area (Å²) in [5, 5.41) is 2.56. The standard InChI is InChI=1S/C18H27NO5/c1-4-23-16(21)18(19-12(3)20,17(22)24-5-2)11-15-10-13-6-8-14(15)9-7-13/h6,8,13-15H,4-5,7,9-11H2,1-3H3,(H,19,20)/t13-,14-,15+/m0/s1. The summed E-state index contributed by atoms with van der Waals surface area (Å²) >= 11 is 0. The molecule has 0 radical (unpaired) electrons. The van der Waals surface area contributed by atoms with Crippen LogP contribution in [0.5, 0.6) is 0 Å². The third kappa shape index (κ3) is 3.79. The average molecular weight is 337 g/mol. The number of allylic oxidation sites excluding steroid dienone is 2. The number of carbonyl (C=O) groups excluding carboxylic acids is 3. The van der Waals surface area contributed by atoms with Crippen molar-refractivity contribution >= 4 is 17.8 Å². The molecule has 2 bridgehead atoms. The van der Waals surface area contributed by atoms with E-state index in [2.05, 4.69) is 17.5 Å². The summed E-state index contributed by atoms with van der Waals surface area (Å²) in [7, 11) is 0.